The van der Waals surface area contributed by atoms with Gasteiger partial charge in [-0.15, -0.1) is 0 Å². The van der Waals surface area contributed by atoms with E-state index in [1.165, 1.54) is 18.2 Å². The van der Waals surface area contributed by atoms with Gasteiger partial charge in [0.15, 0.2) is 0 Å². The van der Waals surface area contributed by atoms with E-state index in [1.807, 2.05) is 0 Å². The molecular weight excluding hydrogens is 289 g/mol. The molecular formula is C15H12ClF3O. The number of phenolic OH excluding ortho intramolecular Hbond substituents is 1. The fourth-order valence-electron chi connectivity index (χ4n) is 2.04. The van der Waals surface area contributed by atoms with Crippen LogP contribution in [0.2, 0.25) is 5.02 Å². The highest BCUT2D eigenvalue weighted by molar-refractivity contribution is 6.34. The average Bonchev–Trinajstić information content (AvgIpc) is 2.36. The molecule has 1 N–H and O–H groups in total. The van der Waals surface area contributed by atoms with Gasteiger partial charge in [-0.05, 0) is 43.2 Å². The third-order valence-electron chi connectivity index (χ3n) is 3.18. The van der Waals surface area contributed by atoms with Gasteiger partial charge in [-0.2, -0.15) is 13.2 Å². The highest BCUT2D eigenvalue weighted by Crippen LogP contribution is 2.39. The standard InChI is InChI=1S/C15H12ClF3O/c1-8-7-12(20)9(2)13(14(8)16)10-3-5-11(6-4-10)15(17,18)19/h3-7,20H,1-2H3. The van der Waals surface area contributed by atoms with Crippen LogP contribution >= 0.6 is 11.6 Å². The zero-order valence-electron chi connectivity index (χ0n) is 10.8. The van der Waals surface area contributed by atoms with Crippen LogP contribution in [-0.2, 0) is 6.18 Å². The molecule has 0 unspecified atom stereocenters. The predicted octanol–water partition coefficient (Wildman–Crippen LogP) is 5.35. The van der Waals surface area contributed by atoms with E-state index in [4.69, 9.17) is 11.6 Å². The van der Waals surface area contributed by atoms with Gasteiger partial charge in [-0.1, -0.05) is 23.7 Å². The molecule has 0 atom stereocenters. The van der Waals surface area contributed by atoms with Crippen LogP contribution in [0.4, 0.5) is 13.2 Å². The smallest absolute Gasteiger partial charge is 0.416 e. The fraction of sp³-hybridized carbons (Fsp3) is 0.200. The van der Waals surface area contributed by atoms with E-state index in [1.54, 1.807) is 13.8 Å². The van der Waals surface area contributed by atoms with Gasteiger partial charge in [0.05, 0.1) is 10.6 Å². The molecule has 2 rings (SSSR count). The number of rotatable bonds is 1. The average molecular weight is 301 g/mol. The van der Waals surface area contributed by atoms with Crippen molar-refractivity contribution in [2.24, 2.45) is 0 Å². The molecule has 0 radical (unpaired) electrons. The molecule has 0 amide bonds. The van der Waals surface area contributed by atoms with Crippen molar-refractivity contribution >= 4 is 11.6 Å². The third kappa shape index (κ3) is 2.61. The number of phenols is 1. The first-order valence-electron chi connectivity index (χ1n) is 5.88. The third-order valence-corrected chi connectivity index (χ3v) is 3.67. The molecule has 0 aliphatic rings. The second-order valence-electron chi connectivity index (χ2n) is 4.60. The molecule has 0 aliphatic carbocycles. The summed E-state index contributed by atoms with van der Waals surface area (Å²) in [5, 5.41) is 10.2. The minimum atomic E-state index is -4.37. The Hall–Kier alpha value is -1.68. The summed E-state index contributed by atoms with van der Waals surface area (Å²) in [6, 6.07) is 6.26. The Kier molecular flexibility index (Phi) is 3.69. The van der Waals surface area contributed by atoms with Crippen LogP contribution in [0.1, 0.15) is 16.7 Å². The molecule has 0 spiro atoms. The van der Waals surface area contributed by atoms with E-state index < -0.39 is 11.7 Å². The molecule has 106 valence electrons. The Balaban J connectivity index is 2.58. The highest BCUT2D eigenvalue weighted by atomic mass is 35.5. The molecule has 0 bridgehead atoms. The quantitative estimate of drug-likeness (QED) is 0.753. The largest absolute Gasteiger partial charge is 0.508 e. The maximum absolute atomic E-state index is 12.5. The SMILES string of the molecule is Cc1cc(O)c(C)c(-c2ccc(C(F)(F)F)cc2)c1Cl. The molecule has 0 aliphatic heterocycles. The van der Waals surface area contributed by atoms with Gasteiger partial charge in [0.1, 0.15) is 5.75 Å². The molecule has 20 heavy (non-hydrogen) atoms. The number of alkyl halides is 3. The molecule has 1 nitrogen and oxygen atoms in total. The summed E-state index contributed by atoms with van der Waals surface area (Å²) in [7, 11) is 0. The lowest BCUT2D eigenvalue weighted by Gasteiger charge is -2.14. The number of hydrogen-bond acceptors (Lipinski definition) is 1. The van der Waals surface area contributed by atoms with E-state index in [2.05, 4.69) is 0 Å². The molecule has 0 heterocycles. The lowest BCUT2D eigenvalue weighted by atomic mass is 9.96. The zero-order valence-corrected chi connectivity index (χ0v) is 11.6. The first kappa shape index (κ1) is 14.7. The van der Waals surface area contributed by atoms with E-state index in [9.17, 15) is 18.3 Å². The van der Waals surface area contributed by atoms with Crippen LogP contribution in [-0.4, -0.2) is 5.11 Å². The van der Waals surface area contributed by atoms with Gasteiger partial charge < -0.3 is 5.11 Å². The Morgan fingerprint density at radius 3 is 2.10 bits per heavy atom. The van der Waals surface area contributed by atoms with Gasteiger partial charge in [-0.3, -0.25) is 0 Å². The van der Waals surface area contributed by atoms with E-state index in [0.717, 1.165) is 12.1 Å². The fourth-order valence-corrected chi connectivity index (χ4v) is 2.34. The number of benzene rings is 2. The van der Waals surface area contributed by atoms with E-state index in [-0.39, 0.29) is 5.75 Å². The summed E-state index contributed by atoms with van der Waals surface area (Å²) >= 11 is 6.20. The van der Waals surface area contributed by atoms with Crippen molar-refractivity contribution < 1.29 is 18.3 Å². The van der Waals surface area contributed by atoms with E-state index in [0.29, 0.717) is 27.3 Å². The minimum Gasteiger partial charge on any atom is -0.508 e. The maximum atomic E-state index is 12.5. The van der Waals surface area contributed by atoms with E-state index >= 15 is 0 Å². The highest BCUT2D eigenvalue weighted by Gasteiger charge is 2.30. The monoisotopic (exact) mass is 300 g/mol. The van der Waals surface area contributed by atoms with Crippen molar-refractivity contribution in [1.82, 2.24) is 0 Å². The van der Waals surface area contributed by atoms with Gasteiger partial charge in [0, 0.05) is 11.1 Å². The van der Waals surface area contributed by atoms with Crippen LogP contribution in [0, 0.1) is 13.8 Å². The summed E-state index contributed by atoms with van der Waals surface area (Å²) in [6.45, 7) is 3.41. The topological polar surface area (TPSA) is 20.2 Å². The Morgan fingerprint density at radius 2 is 1.60 bits per heavy atom. The summed E-state index contributed by atoms with van der Waals surface area (Å²) in [6.07, 6.45) is -4.37. The van der Waals surface area contributed by atoms with Crippen molar-refractivity contribution in [3.8, 4) is 16.9 Å². The first-order valence-corrected chi connectivity index (χ1v) is 6.26. The van der Waals surface area contributed by atoms with Crippen molar-refractivity contribution in [2.75, 3.05) is 0 Å². The van der Waals surface area contributed by atoms with Crippen molar-refractivity contribution in [1.29, 1.82) is 0 Å². The van der Waals surface area contributed by atoms with Crippen LogP contribution in [0.5, 0.6) is 5.75 Å². The Bertz CT molecular complexity index is 619. The second-order valence-corrected chi connectivity index (χ2v) is 4.98. The molecule has 5 heteroatoms. The van der Waals surface area contributed by atoms with Crippen molar-refractivity contribution in [2.45, 2.75) is 20.0 Å². The van der Waals surface area contributed by atoms with Crippen molar-refractivity contribution in [3.05, 3.63) is 52.0 Å². The number of hydrogen-bond donors (Lipinski definition) is 1. The predicted molar refractivity (Wildman–Crippen MR) is 73.0 cm³/mol. The summed E-state index contributed by atoms with van der Waals surface area (Å²) < 4.78 is 37.6. The van der Waals surface area contributed by atoms with Crippen LogP contribution in [0.3, 0.4) is 0 Å². The minimum absolute atomic E-state index is 0.0711. The number of aryl methyl sites for hydroxylation is 1. The number of halogens is 4. The van der Waals surface area contributed by atoms with Gasteiger partial charge in [-0.25, -0.2) is 0 Å². The molecule has 0 aromatic heterocycles. The molecule has 2 aromatic rings. The number of aromatic hydroxyl groups is 1. The van der Waals surface area contributed by atoms with Gasteiger partial charge in [0.2, 0.25) is 0 Å². The molecule has 0 saturated carbocycles. The Morgan fingerprint density at radius 1 is 1.05 bits per heavy atom. The van der Waals surface area contributed by atoms with Gasteiger partial charge in [0.25, 0.3) is 0 Å². The van der Waals surface area contributed by atoms with Crippen LogP contribution < -0.4 is 0 Å². The molecule has 0 fully saturated rings. The lowest BCUT2D eigenvalue weighted by molar-refractivity contribution is -0.137. The summed E-state index contributed by atoms with van der Waals surface area (Å²) in [4.78, 5) is 0. The lowest BCUT2D eigenvalue weighted by Crippen LogP contribution is -2.04. The summed E-state index contributed by atoms with van der Waals surface area (Å²) in [5.74, 6) is 0.0711. The zero-order chi connectivity index (χ0) is 15.1. The van der Waals surface area contributed by atoms with Crippen LogP contribution in [0.25, 0.3) is 11.1 Å². The molecule has 0 saturated heterocycles. The maximum Gasteiger partial charge on any atom is 0.416 e. The van der Waals surface area contributed by atoms with Crippen LogP contribution in [0.15, 0.2) is 30.3 Å². The second kappa shape index (κ2) is 5.02. The van der Waals surface area contributed by atoms with Crippen molar-refractivity contribution in [3.63, 3.8) is 0 Å². The normalized spacial score (nSPS) is 11.7. The summed E-state index contributed by atoms with van der Waals surface area (Å²) in [5.41, 5.74) is 1.59. The molecule has 2 aromatic carbocycles. The Labute approximate surface area is 119 Å². The first-order chi connectivity index (χ1) is 9.21. The van der Waals surface area contributed by atoms with Gasteiger partial charge >= 0.3 is 6.18 Å².